The lowest BCUT2D eigenvalue weighted by Crippen LogP contribution is -2.32. The number of carbonyl (C=O) groups is 1. The molecule has 0 radical (unpaired) electrons. The van der Waals surface area contributed by atoms with Gasteiger partial charge in [-0.2, -0.15) is 0 Å². The number of amides is 1. The van der Waals surface area contributed by atoms with Gasteiger partial charge in [-0.15, -0.1) is 0 Å². The average Bonchev–Trinajstić information content (AvgIpc) is 3.09. The number of ether oxygens (including phenoxy) is 1. The van der Waals surface area contributed by atoms with Gasteiger partial charge in [-0.3, -0.25) is 4.79 Å². The summed E-state index contributed by atoms with van der Waals surface area (Å²) < 4.78 is 7.22. The second-order valence-electron chi connectivity index (χ2n) is 6.40. The number of aromatic nitrogens is 4. The molecule has 0 saturated carbocycles. The summed E-state index contributed by atoms with van der Waals surface area (Å²) in [6.45, 7) is 3.83. The van der Waals surface area contributed by atoms with Crippen LogP contribution in [0, 0.1) is 13.8 Å². The minimum absolute atomic E-state index is 0.122. The minimum atomic E-state index is -0.386. The van der Waals surface area contributed by atoms with Crippen molar-refractivity contribution in [3.63, 3.8) is 0 Å². The predicted molar refractivity (Wildman–Crippen MR) is 108 cm³/mol. The quantitative estimate of drug-likeness (QED) is 0.488. The molecule has 1 N–H and O–H groups in total. The van der Waals surface area contributed by atoms with Crippen molar-refractivity contribution in [1.29, 1.82) is 0 Å². The Morgan fingerprint density at radius 2 is 2.00 bits per heavy atom. The summed E-state index contributed by atoms with van der Waals surface area (Å²) in [5.74, 6) is 1.56. The Kier molecular flexibility index (Phi) is 6.30. The average molecular weight is 398 g/mol. The van der Waals surface area contributed by atoms with Crippen molar-refractivity contribution in [2.75, 3.05) is 12.9 Å². The van der Waals surface area contributed by atoms with Crippen LogP contribution in [-0.2, 0) is 11.8 Å². The third kappa shape index (κ3) is 4.89. The van der Waals surface area contributed by atoms with Crippen molar-refractivity contribution in [3.8, 4) is 5.75 Å². The summed E-state index contributed by atoms with van der Waals surface area (Å²) in [6, 6.07) is 9.14. The first-order valence-corrected chi connectivity index (χ1v) is 9.80. The molecule has 0 bridgehead atoms. The van der Waals surface area contributed by atoms with Crippen LogP contribution in [0.2, 0.25) is 0 Å². The van der Waals surface area contributed by atoms with E-state index in [1.54, 1.807) is 13.3 Å². The number of carbonyl (C=O) groups excluding carboxylic acids is 1. The third-order valence-corrected chi connectivity index (χ3v) is 4.99. The Balaban J connectivity index is 1.77. The first-order chi connectivity index (χ1) is 13.5. The summed E-state index contributed by atoms with van der Waals surface area (Å²) in [5, 5.41) is 3.67. The van der Waals surface area contributed by atoms with Gasteiger partial charge in [0.25, 0.3) is 0 Å². The molecule has 3 rings (SSSR count). The zero-order chi connectivity index (χ0) is 20.1. The lowest BCUT2D eigenvalue weighted by atomic mass is 10.1. The molecular formula is C20H23N5O2S. The van der Waals surface area contributed by atoms with E-state index < -0.39 is 0 Å². The monoisotopic (exact) mass is 397 g/mol. The van der Waals surface area contributed by atoms with E-state index in [0.717, 1.165) is 28.5 Å². The lowest BCUT2D eigenvalue weighted by molar-refractivity contribution is -0.119. The summed E-state index contributed by atoms with van der Waals surface area (Å²) in [5.41, 5.74) is 2.67. The molecule has 1 unspecified atom stereocenters. The first kappa shape index (κ1) is 19.9. The summed E-state index contributed by atoms with van der Waals surface area (Å²) in [6.07, 6.45) is 3.57. The highest BCUT2D eigenvalue weighted by Gasteiger charge is 2.21. The van der Waals surface area contributed by atoms with E-state index in [4.69, 9.17) is 4.74 Å². The van der Waals surface area contributed by atoms with Crippen LogP contribution in [0.1, 0.15) is 28.8 Å². The highest BCUT2D eigenvalue weighted by Crippen LogP contribution is 2.24. The topological polar surface area (TPSA) is 81.9 Å². The molecule has 0 aliphatic heterocycles. The molecule has 3 aromatic rings. The van der Waals surface area contributed by atoms with Gasteiger partial charge in [-0.25, -0.2) is 15.0 Å². The zero-order valence-electron chi connectivity index (χ0n) is 16.3. The number of thioether (sulfide) groups is 1. The Bertz CT molecular complexity index is 952. The molecule has 0 saturated heterocycles. The number of imidazole rings is 1. The molecule has 0 aliphatic rings. The van der Waals surface area contributed by atoms with Gasteiger partial charge in [0.2, 0.25) is 5.91 Å². The van der Waals surface area contributed by atoms with E-state index in [2.05, 4.69) is 20.3 Å². The number of aryl methyl sites for hydroxylation is 3. The molecule has 2 aromatic heterocycles. The van der Waals surface area contributed by atoms with E-state index in [0.29, 0.717) is 5.16 Å². The van der Waals surface area contributed by atoms with E-state index >= 15 is 0 Å². The number of methoxy groups -OCH3 is 1. The molecule has 0 aliphatic carbocycles. The van der Waals surface area contributed by atoms with Gasteiger partial charge >= 0.3 is 0 Å². The van der Waals surface area contributed by atoms with Gasteiger partial charge in [-0.05, 0) is 37.6 Å². The predicted octanol–water partition coefficient (Wildman–Crippen LogP) is 2.83. The highest BCUT2D eigenvalue weighted by molar-refractivity contribution is 7.99. The molecule has 1 amide bonds. The van der Waals surface area contributed by atoms with Crippen molar-refractivity contribution in [1.82, 2.24) is 24.8 Å². The lowest BCUT2D eigenvalue weighted by Gasteiger charge is -2.19. The maximum absolute atomic E-state index is 12.7. The number of hydrogen-bond acceptors (Lipinski definition) is 6. The first-order valence-electron chi connectivity index (χ1n) is 8.82. The fourth-order valence-electron chi connectivity index (χ4n) is 2.86. The molecule has 146 valence electrons. The van der Waals surface area contributed by atoms with Gasteiger partial charge in [0.15, 0.2) is 5.16 Å². The van der Waals surface area contributed by atoms with Crippen molar-refractivity contribution >= 4 is 17.7 Å². The van der Waals surface area contributed by atoms with Gasteiger partial charge in [0, 0.05) is 30.8 Å². The summed E-state index contributed by atoms with van der Waals surface area (Å²) in [4.78, 5) is 25.8. The Morgan fingerprint density at radius 1 is 1.25 bits per heavy atom. The summed E-state index contributed by atoms with van der Waals surface area (Å²) >= 11 is 1.32. The molecular weight excluding hydrogens is 374 g/mol. The van der Waals surface area contributed by atoms with Crippen LogP contribution in [0.25, 0.3) is 0 Å². The minimum Gasteiger partial charge on any atom is -0.497 e. The van der Waals surface area contributed by atoms with Crippen molar-refractivity contribution < 1.29 is 9.53 Å². The van der Waals surface area contributed by atoms with Crippen LogP contribution < -0.4 is 10.1 Å². The van der Waals surface area contributed by atoms with Crippen LogP contribution in [-0.4, -0.2) is 38.3 Å². The fraction of sp³-hybridized carbons (Fsp3) is 0.300. The molecule has 0 spiro atoms. The fourth-order valence-corrected chi connectivity index (χ4v) is 3.62. The smallest absolute Gasteiger partial charge is 0.231 e. The number of rotatable bonds is 7. The van der Waals surface area contributed by atoms with E-state index in [-0.39, 0.29) is 17.7 Å². The van der Waals surface area contributed by atoms with Crippen LogP contribution in [0.3, 0.4) is 0 Å². The van der Waals surface area contributed by atoms with Crippen molar-refractivity contribution in [3.05, 3.63) is 65.5 Å². The molecule has 7 nitrogen and oxygen atoms in total. The number of benzene rings is 1. The molecule has 1 aromatic carbocycles. The van der Waals surface area contributed by atoms with Crippen molar-refractivity contribution in [2.45, 2.75) is 25.0 Å². The summed E-state index contributed by atoms with van der Waals surface area (Å²) in [7, 11) is 3.52. The van der Waals surface area contributed by atoms with Crippen LogP contribution >= 0.6 is 11.8 Å². The van der Waals surface area contributed by atoms with E-state index in [1.165, 1.54) is 11.8 Å². The van der Waals surface area contributed by atoms with Gasteiger partial charge < -0.3 is 14.6 Å². The Labute approximate surface area is 168 Å². The molecule has 28 heavy (non-hydrogen) atoms. The maximum atomic E-state index is 12.7. The zero-order valence-corrected chi connectivity index (χ0v) is 17.2. The number of nitrogens with one attached hydrogen (secondary N) is 1. The molecule has 8 heteroatoms. The van der Waals surface area contributed by atoms with Crippen molar-refractivity contribution in [2.24, 2.45) is 7.05 Å². The Morgan fingerprint density at radius 3 is 2.64 bits per heavy atom. The standard InChI is InChI=1S/C20H23N5O2S/c1-13-10-14(2)23-20(22-13)28-12-17(26)24-18(19-21-8-9-25(19)3)15-6-5-7-16(11-15)27-4/h5-11,18H,12H2,1-4H3,(H,24,26). The molecule has 1 atom stereocenters. The SMILES string of the molecule is COc1cccc(C(NC(=O)CSc2nc(C)cc(C)n2)c2nccn2C)c1. The number of nitrogens with zero attached hydrogens (tertiary/aromatic N) is 4. The second-order valence-corrected chi connectivity index (χ2v) is 7.34. The van der Waals surface area contributed by atoms with Gasteiger partial charge in [0.1, 0.15) is 17.6 Å². The largest absolute Gasteiger partial charge is 0.497 e. The van der Waals surface area contributed by atoms with E-state index in [9.17, 15) is 4.79 Å². The van der Waals surface area contributed by atoms with Crippen LogP contribution in [0.5, 0.6) is 5.75 Å². The van der Waals surface area contributed by atoms with Gasteiger partial charge in [-0.1, -0.05) is 23.9 Å². The van der Waals surface area contributed by atoms with Crippen LogP contribution in [0.4, 0.5) is 0 Å². The molecule has 2 heterocycles. The highest BCUT2D eigenvalue weighted by atomic mass is 32.2. The molecule has 0 fully saturated rings. The normalized spacial score (nSPS) is 11.9. The Hall–Kier alpha value is -2.87. The number of hydrogen-bond donors (Lipinski definition) is 1. The third-order valence-electron chi connectivity index (χ3n) is 4.14. The van der Waals surface area contributed by atoms with E-state index in [1.807, 2.05) is 62.0 Å². The second kappa shape index (κ2) is 8.88. The van der Waals surface area contributed by atoms with Crippen LogP contribution in [0.15, 0.2) is 47.9 Å². The maximum Gasteiger partial charge on any atom is 0.231 e. The van der Waals surface area contributed by atoms with Gasteiger partial charge in [0.05, 0.1) is 12.9 Å².